The van der Waals surface area contributed by atoms with Crippen LogP contribution in [0.2, 0.25) is 0 Å². The molecule has 15 heavy (non-hydrogen) atoms. The van der Waals surface area contributed by atoms with E-state index in [1.54, 1.807) is 0 Å². The fourth-order valence-electron chi connectivity index (χ4n) is 1.55. The van der Waals surface area contributed by atoms with Gasteiger partial charge in [0.25, 0.3) is 0 Å². The third kappa shape index (κ3) is 4.09. The van der Waals surface area contributed by atoms with Crippen LogP contribution < -0.4 is 0 Å². The summed E-state index contributed by atoms with van der Waals surface area (Å²) in [6.45, 7) is 6.91. The van der Waals surface area contributed by atoms with Crippen molar-refractivity contribution in [1.82, 2.24) is 4.90 Å². The molecule has 1 N–H and O–H groups in total. The minimum atomic E-state index is -0.375. The first-order valence-electron chi connectivity index (χ1n) is 5.33. The summed E-state index contributed by atoms with van der Waals surface area (Å²) in [5, 5.41) is 10.0. The van der Waals surface area contributed by atoms with Gasteiger partial charge in [-0.1, -0.05) is 26.0 Å². The van der Waals surface area contributed by atoms with Crippen LogP contribution in [0.3, 0.4) is 0 Å². The molecule has 3 heteroatoms. The zero-order valence-corrected chi connectivity index (χ0v) is 11.4. The Morgan fingerprint density at radius 2 is 2.00 bits per heavy atom. The highest BCUT2D eigenvalue weighted by Gasteiger charge is 2.10. The van der Waals surface area contributed by atoms with E-state index in [0.717, 1.165) is 18.7 Å². The molecule has 1 rings (SSSR count). The van der Waals surface area contributed by atoms with E-state index in [1.807, 2.05) is 24.3 Å². The first-order chi connectivity index (χ1) is 7.17. The molecule has 0 spiro atoms. The fraction of sp³-hybridized carbons (Fsp3) is 0.500. The van der Waals surface area contributed by atoms with Crippen molar-refractivity contribution in [2.45, 2.75) is 20.0 Å². The third-order valence-corrected chi connectivity index (χ3v) is 3.23. The van der Waals surface area contributed by atoms with Gasteiger partial charge in [-0.05, 0) is 53.4 Å². The molecular weight excluding hydrogens is 301 g/mol. The lowest BCUT2D eigenvalue weighted by Crippen LogP contribution is -2.28. The van der Waals surface area contributed by atoms with Crippen molar-refractivity contribution in [2.75, 3.05) is 19.6 Å². The van der Waals surface area contributed by atoms with Gasteiger partial charge in [0.05, 0.1) is 6.10 Å². The van der Waals surface area contributed by atoms with Crippen LogP contribution in [-0.2, 0) is 0 Å². The quantitative estimate of drug-likeness (QED) is 0.844. The largest absolute Gasteiger partial charge is 0.387 e. The van der Waals surface area contributed by atoms with Crippen molar-refractivity contribution in [2.24, 2.45) is 0 Å². The van der Waals surface area contributed by atoms with Crippen LogP contribution in [0.1, 0.15) is 25.5 Å². The first kappa shape index (κ1) is 12.9. The molecule has 2 nitrogen and oxygen atoms in total. The molecule has 84 valence electrons. The number of aliphatic hydroxyl groups excluding tert-OH is 1. The molecule has 1 unspecified atom stereocenters. The number of rotatable bonds is 5. The molecule has 0 bridgehead atoms. The van der Waals surface area contributed by atoms with E-state index in [2.05, 4.69) is 41.3 Å². The van der Waals surface area contributed by atoms with E-state index in [1.165, 1.54) is 3.57 Å². The zero-order valence-electron chi connectivity index (χ0n) is 9.28. The summed E-state index contributed by atoms with van der Waals surface area (Å²) in [6.07, 6.45) is -0.375. The summed E-state index contributed by atoms with van der Waals surface area (Å²) in [5.74, 6) is 0. The van der Waals surface area contributed by atoms with Gasteiger partial charge in [0.15, 0.2) is 0 Å². The van der Waals surface area contributed by atoms with E-state index in [9.17, 15) is 5.11 Å². The maximum atomic E-state index is 10.0. The molecule has 0 heterocycles. The summed E-state index contributed by atoms with van der Waals surface area (Å²) in [5.41, 5.74) is 1.01. The van der Waals surface area contributed by atoms with E-state index in [4.69, 9.17) is 0 Å². The summed E-state index contributed by atoms with van der Waals surface area (Å²) in [6, 6.07) is 8.04. The minimum absolute atomic E-state index is 0.375. The molecule has 1 aromatic carbocycles. The molecule has 1 aromatic rings. The van der Waals surface area contributed by atoms with Gasteiger partial charge in [0, 0.05) is 10.1 Å². The molecule has 0 saturated carbocycles. The SMILES string of the molecule is CCN(CC)CC(O)c1cccc(I)c1. The van der Waals surface area contributed by atoms with Crippen LogP contribution in [0, 0.1) is 3.57 Å². The van der Waals surface area contributed by atoms with Crippen molar-refractivity contribution < 1.29 is 5.11 Å². The Morgan fingerprint density at radius 1 is 1.33 bits per heavy atom. The van der Waals surface area contributed by atoms with Crippen molar-refractivity contribution in [1.29, 1.82) is 0 Å². The Bertz CT molecular complexity index is 299. The summed E-state index contributed by atoms with van der Waals surface area (Å²) < 4.78 is 1.17. The van der Waals surface area contributed by atoms with Crippen LogP contribution in [-0.4, -0.2) is 29.6 Å². The van der Waals surface area contributed by atoms with Crippen LogP contribution in [0.4, 0.5) is 0 Å². The molecule has 0 radical (unpaired) electrons. The monoisotopic (exact) mass is 319 g/mol. The second-order valence-corrected chi connectivity index (χ2v) is 4.80. The van der Waals surface area contributed by atoms with Gasteiger partial charge in [-0.25, -0.2) is 0 Å². The molecule has 0 aliphatic carbocycles. The van der Waals surface area contributed by atoms with Crippen molar-refractivity contribution in [3.05, 3.63) is 33.4 Å². The number of aliphatic hydroxyl groups is 1. The maximum Gasteiger partial charge on any atom is 0.0917 e. The normalized spacial score (nSPS) is 13.1. The van der Waals surface area contributed by atoms with E-state index in [-0.39, 0.29) is 6.10 Å². The van der Waals surface area contributed by atoms with Gasteiger partial charge in [-0.3, -0.25) is 0 Å². The van der Waals surface area contributed by atoms with E-state index < -0.39 is 0 Å². The van der Waals surface area contributed by atoms with E-state index >= 15 is 0 Å². The second kappa shape index (κ2) is 6.45. The van der Waals surface area contributed by atoms with Crippen molar-refractivity contribution >= 4 is 22.6 Å². The predicted molar refractivity (Wildman–Crippen MR) is 71.9 cm³/mol. The van der Waals surface area contributed by atoms with Crippen LogP contribution >= 0.6 is 22.6 Å². The predicted octanol–water partition coefficient (Wildman–Crippen LogP) is 2.67. The van der Waals surface area contributed by atoms with Gasteiger partial charge in [0.1, 0.15) is 0 Å². The Balaban J connectivity index is 2.64. The lowest BCUT2D eigenvalue weighted by atomic mass is 10.1. The number of hydrogen-bond acceptors (Lipinski definition) is 2. The molecule has 0 aromatic heterocycles. The molecule has 0 saturated heterocycles. The molecule has 1 atom stereocenters. The standard InChI is InChI=1S/C12H18INO/c1-3-14(4-2)9-12(15)10-6-5-7-11(13)8-10/h5-8,12,15H,3-4,9H2,1-2H3. The van der Waals surface area contributed by atoms with Gasteiger partial charge >= 0.3 is 0 Å². The Kier molecular flexibility index (Phi) is 5.56. The summed E-state index contributed by atoms with van der Waals surface area (Å²) in [4.78, 5) is 2.23. The maximum absolute atomic E-state index is 10.0. The second-order valence-electron chi connectivity index (χ2n) is 3.56. The lowest BCUT2D eigenvalue weighted by molar-refractivity contribution is 0.119. The third-order valence-electron chi connectivity index (χ3n) is 2.56. The molecule has 0 fully saturated rings. The van der Waals surface area contributed by atoms with Crippen molar-refractivity contribution in [3.63, 3.8) is 0 Å². The smallest absolute Gasteiger partial charge is 0.0917 e. The topological polar surface area (TPSA) is 23.5 Å². The molecule has 0 aliphatic heterocycles. The molecule has 0 amide bonds. The summed E-state index contributed by atoms with van der Waals surface area (Å²) in [7, 11) is 0. The fourth-order valence-corrected chi connectivity index (χ4v) is 2.11. The highest BCUT2D eigenvalue weighted by atomic mass is 127. The number of halogens is 1. The number of hydrogen-bond donors (Lipinski definition) is 1. The summed E-state index contributed by atoms with van der Waals surface area (Å²) >= 11 is 2.27. The van der Waals surface area contributed by atoms with E-state index in [0.29, 0.717) is 6.54 Å². The number of nitrogens with zero attached hydrogens (tertiary/aromatic N) is 1. The Morgan fingerprint density at radius 3 is 2.53 bits per heavy atom. The van der Waals surface area contributed by atoms with Crippen LogP contribution in [0.25, 0.3) is 0 Å². The average molecular weight is 319 g/mol. The Labute approximate surface area is 105 Å². The minimum Gasteiger partial charge on any atom is -0.387 e. The lowest BCUT2D eigenvalue weighted by Gasteiger charge is -2.22. The van der Waals surface area contributed by atoms with Crippen LogP contribution in [0.5, 0.6) is 0 Å². The van der Waals surface area contributed by atoms with Crippen LogP contribution in [0.15, 0.2) is 24.3 Å². The molecule has 0 aliphatic rings. The van der Waals surface area contributed by atoms with Crippen molar-refractivity contribution in [3.8, 4) is 0 Å². The number of likely N-dealkylation sites (N-methyl/N-ethyl adjacent to an activating group) is 1. The van der Waals surface area contributed by atoms with Gasteiger partial charge in [-0.15, -0.1) is 0 Å². The molecular formula is C12H18INO. The van der Waals surface area contributed by atoms with Gasteiger partial charge < -0.3 is 10.0 Å². The average Bonchev–Trinajstić information content (AvgIpc) is 2.25. The van der Waals surface area contributed by atoms with Gasteiger partial charge in [0.2, 0.25) is 0 Å². The van der Waals surface area contributed by atoms with Gasteiger partial charge in [-0.2, -0.15) is 0 Å². The highest BCUT2D eigenvalue weighted by Crippen LogP contribution is 2.16. The number of benzene rings is 1. The zero-order chi connectivity index (χ0) is 11.3. The highest BCUT2D eigenvalue weighted by molar-refractivity contribution is 14.1. The first-order valence-corrected chi connectivity index (χ1v) is 6.41. The Hall–Kier alpha value is -0.130.